The first-order valence-electron chi connectivity index (χ1n) is 26.6. The van der Waals surface area contributed by atoms with E-state index in [0.29, 0.717) is 101 Å². The highest BCUT2D eigenvalue weighted by Crippen LogP contribution is 2.30. The number of fused-ring (bicyclic) bond motifs is 1. The van der Waals surface area contributed by atoms with Gasteiger partial charge in [0.05, 0.1) is 88.5 Å². The fourth-order valence-electron chi connectivity index (χ4n) is 9.61. The average Bonchev–Trinajstić information content (AvgIpc) is 3.87. The van der Waals surface area contributed by atoms with E-state index in [1.54, 1.807) is 24.3 Å². The molecule has 0 spiro atoms. The molecule has 3 N–H and O–H groups in total. The number of carbonyl (C=O) groups is 1. The third-order valence-corrected chi connectivity index (χ3v) is 14.1. The number of hydrogen-bond donors (Lipinski definition) is 3. The van der Waals surface area contributed by atoms with Gasteiger partial charge >= 0.3 is 0 Å². The second-order valence-electron chi connectivity index (χ2n) is 18.9. The molecule has 6 heterocycles. The van der Waals surface area contributed by atoms with E-state index >= 15 is 0 Å². The molecule has 404 valence electrons. The first-order valence-corrected chi connectivity index (χ1v) is 27.0. The predicted molar refractivity (Wildman–Crippen MR) is 283 cm³/mol. The number of aryl methyl sites for hydroxylation is 1. The lowest BCUT2D eigenvalue weighted by Gasteiger charge is -2.36. The molecule has 5 aromatic rings. The van der Waals surface area contributed by atoms with Crippen molar-refractivity contribution in [3.05, 3.63) is 88.3 Å². The van der Waals surface area contributed by atoms with Crippen LogP contribution in [0, 0.1) is 11.3 Å². The van der Waals surface area contributed by atoms with Crippen LogP contribution in [0.15, 0.2) is 60.9 Å². The highest BCUT2D eigenvalue weighted by Gasteiger charge is 2.27. The number of benzene rings is 1. The van der Waals surface area contributed by atoms with Crippen molar-refractivity contribution < 1.29 is 43.1 Å². The minimum atomic E-state index is -0.228. The Bertz CT molecular complexity index is 2550. The Balaban J connectivity index is 0.596. The predicted octanol–water partition coefficient (Wildman–Crippen LogP) is 6.61. The first kappa shape index (κ1) is 55.3. The maximum atomic E-state index is 13.0. The van der Waals surface area contributed by atoms with Crippen molar-refractivity contribution in [2.75, 3.05) is 107 Å². The Kier molecular flexibility index (Phi) is 21.7. The SMILES string of the molecule is CCc1cnn2c(NCc3ccc(OCCOCCOCCOCCOCCOC4CCN(c5ccc(C(=O)N[C@H]6CC[C@H](Oc7ccc(C#N)c(Cl)c7)CC6)nn5)CC4)nc3)cc(N3CCCCC3CCO)nc12. The van der Waals surface area contributed by atoms with Gasteiger partial charge in [-0.05, 0) is 100 Å². The number of piperidine rings is 2. The lowest BCUT2D eigenvalue weighted by atomic mass is 9.93. The summed E-state index contributed by atoms with van der Waals surface area (Å²) >= 11 is 6.15. The van der Waals surface area contributed by atoms with E-state index in [4.69, 9.17) is 55.0 Å². The molecule has 0 radical (unpaired) electrons. The van der Waals surface area contributed by atoms with Crippen LogP contribution >= 0.6 is 11.6 Å². The van der Waals surface area contributed by atoms with Crippen LogP contribution in [0.1, 0.15) is 98.3 Å². The summed E-state index contributed by atoms with van der Waals surface area (Å²) in [7, 11) is 0. The number of nitriles is 1. The molecule has 3 aliphatic rings. The molecule has 1 unspecified atom stereocenters. The number of anilines is 3. The quantitative estimate of drug-likeness (QED) is 0.0429. The smallest absolute Gasteiger partial charge is 0.272 e. The minimum absolute atomic E-state index is 0.0235. The van der Waals surface area contributed by atoms with Crippen molar-refractivity contribution >= 4 is 40.6 Å². The summed E-state index contributed by atoms with van der Waals surface area (Å²) in [6, 6.07) is 17.0. The van der Waals surface area contributed by atoms with E-state index in [-0.39, 0.29) is 36.8 Å². The number of rotatable bonds is 29. The largest absolute Gasteiger partial charge is 0.490 e. The van der Waals surface area contributed by atoms with E-state index in [1.807, 2.05) is 35.1 Å². The highest BCUT2D eigenvalue weighted by molar-refractivity contribution is 6.31. The molecule has 0 bridgehead atoms. The van der Waals surface area contributed by atoms with Gasteiger partial charge in [0, 0.05) is 74.8 Å². The zero-order valence-electron chi connectivity index (χ0n) is 43.1. The van der Waals surface area contributed by atoms with Crippen molar-refractivity contribution in [3.63, 3.8) is 0 Å². The van der Waals surface area contributed by atoms with Crippen molar-refractivity contribution in [1.29, 1.82) is 5.26 Å². The molecule has 1 aliphatic carbocycles. The van der Waals surface area contributed by atoms with E-state index in [2.05, 4.69) is 59.8 Å². The molecule has 75 heavy (non-hydrogen) atoms. The summed E-state index contributed by atoms with van der Waals surface area (Å²) in [6.45, 7) is 9.94. The van der Waals surface area contributed by atoms with Gasteiger partial charge in [0.15, 0.2) is 17.2 Å². The Morgan fingerprint density at radius 1 is 0.800 bits per heavy atom. The highest BCUT2D eigenvalue weighted by atomic mass is 35.5. The summed E-state index contributed by atoms with van der Waals surface area (Å²) in [6.07, 6.45) is 13.7. The molecule has 8 rings (SSSR count). The van der Waals surface area contributed by atoms with Crippen LogP contribution in [-0.2, 0) is 36.6 Å². The van der Waals surface area contributed by atoms with Crippen LogP contribution in [-0.4, -0.2) is 157 Å². The molecule has 2 aliphatic heterocycles. The lowest BCUT2D eigenvalue weighted by Crippen LogP contribution is -2.40. The van der Waals surface area contributed by atoms with Crippen LogP contribution in [0.25, 0.3) is 5.65 Å². The standard InChI is InChI=1S/C54H72ClN11O9/c1-2-40-38-59-66-50(34-51(61-53(40)66)65-19-4-3-5-43(65)18-22-67)57-36-39-6-15-52(58-37-39)74-32-30-72-28-26-70-24-23-69-25-27-71-29-31-73-44-16-20-64(21-17-44)49-14-13-48(62-63-49)54(68)60-42-8-11-45(12-9-42)75-46-10-7-41(35-56)47(55)33-46/h6-7,10,13-15,33-34,37-38,42-45,57,67H,2-5,8-9,11-12,16-32,36H2,1H3,(H,60,68)/t42-,43?,45-. The monoisotopic (exact) mass is 1050 g/mol. The Morgan fingerprint density at radius 2 is 1.55 bits per heavy atom. The number of ether oxygens (including phenoxy) is 7. The summed E-state index contributed by atoms with van der Waals surface area (Å²) in [5.74, 6) is 3.48. The number of carbonyl (C=O) groups excluding carboxylic acids is 1. The van der Waals surface area contributed by atoms with Crippen LogP contribution in [0.3, 0.4) is 0 Å². The number of aliphatic hydroxyl groups excluding tert-OH is 1. The lowest BCUT2D eigenvalue weighted by molar-refractivity contribution is -0.0273. The number of halogens is 1. The van der Waals surface area contributed by atoms with Gasteiger partial charge in [-0.15, -0.1) is 10.2 Å². The zero-order valence-corrected chi connectivity index (χ0v) is 43.8. The summed E-state index contributed by atoms with van der Waals surface area (Å²) in [4.78, 5) is 27.0. The maximum Gasteiger partial charge on any atom is 0.272 e. The third kappa shape index (κ3) is 16.5. The molecule has 2 saturated heterocycles. The number of pyridine rings is 1. The van der Waals surface area contributed by atoms with Crippen LogP contribution in [0.5, 0.6) is 11.6 Å². The topological polar surface area (TPSA) is 225 Å². The normalized spacial score (nSPS) is 18.2. The van der Waals surface area contributed by atoms with E-state index in [0.717, 1.165) is 118 Å². The van der Waals surface area contributed by atoms with Gasteiger partial charge in [-0.25, -0.2) is 9.97 Å². The first-order chi connectivity index (χ1) is 36.9. The third-order valence-electron chi connectivity index (χ3n) is 13.8. The fourth-order valence-corrected chi connectivity index (χ4v) is 9.82. The number of amides is 1. The number of nitrogens with one attached hydrogen (secondary N) is 2. The Labute approximate surface area is 444 Å². The molecule has 1 saturated carbocycles. The fraction of sp³-hybridized carbons (Fsp3) is 0.574. The summed E-state index contributed by atoms with van der Waals surface area (Å²) in [5.41, 5.74) is 3.67. The van der Waals surface area contributed by atoms with Crippen LogP contribution < -0.4 is 29.9 Å². The summed E-state index contributed by atoms with van der Waals surface area (Å²) in [5, 5.41) is 39.1. The summed E-state index contributed by atoms with van der Waals surface area (Å²) < 4.78 is 42.5. The van der Waals surface area contributed by atoms with Crippen LogP contribution in [0.2, 0.25) is 5.02 Å². The molecule has 4 aromatic heterocycles. The molecule has 20 nitrogen and oxygen atoms in total. The maximum absolute atomic E-state index is 13.0. The minimum Gasteiger partial charge on any atom is -0.490 e. The van der Waals surface area contributed by atoms with E-state index in [1.165, 1.54) is 6.42 Å². The Hall–Kier alpha value is -5.92. The number of aromatic nitrogens is 6. The van der Waals surface area contributed by atoms with Crippen molar-refractivity contribution in [2.24, 2.45) is 0 Å². The average molecular weight is 1050 g/mol. The van der Waals surface area contributed by atoms with Crippen molar-refractivity contribution in [2.45, 2.75) is 108 Å². The zero-order chi connectivity index (χ0) is 52.0. The van der Waals surface area contributed by atoms with Gasteiger partial charge < -0.3 is 58.7 Å². The van der Waals surface area contributed by atoms with Crippen molar-refractivity contribution in [1.82, 2.24) is 35.1 Å². The molecule has 21 heteroatoms. The Morgan fingerprint density at radius 3 is 2.21 bits per heavy atom. The molecule has 1 atom stereocenters. The van der Waals surface area contributed by atoms with Gasteiger partial charge in [-0.3, -0.25) is 4.79 Å². The van der Waals surface area contributed by atoms with Gasteiger partial charge in [0.2, 0.25) is 5.88 Å². The van der Waals surface area contributed by atoms with Gasteiger partial charge in [-0.1, -0.05) is 24.6 Å². The van der Waals surface area contributed by atoms with E-state index in [9.17, 15) is 9.90 Å². The molecule has 1 amide bonds. The molecular formula is C54H72ClN11O9. The van der Waals surface area contributed by atoms with Gasteiger partial charge in [-0.2, -0.15) is 14.9 Å². The van der Waals surface area contributed by atoms with E-state index < -0.39 is 0 Å². The van der Waals surface area contributed by atoms with Crippen molar-refractivity contribution in [3.8, 4) is 17.7 Å². The second-order valence-corrected chi connectivity index (χ2v) is 19.3. The molecule has 1 aromatic carbocycles. The number of aliphatic hydroxyl groups is 1. The second kappa shape index (κ2) is 29.4. The van der Waals surface area contributed by atoms with Crippen LogP contribution in [0.4, 0.5) is 17.5 Å². The van der Waals surface area contributed by atoms with Gasteiger partial charge in [0.1, 0.15) is 30.1 Å². The molecule has 3 fully saturated rings. The van der Waals surface area contributed by atoms with Gasteiger partial charge in [0.25, 0.3) is 5.91 Å². The molecular weight excluding hydrogens is 982 g/mol. The number of nitrogens with zero attached hydrogens (tertiary/aromatic N) is 9. The number of hydrogen-bond acceptors (Lipinski definition) is 18.